The summed E-state index contributed by atoms with van der Waals surface area (Å²) in [4.78, 5) is 2.77. The van der Waals surface area contributed by atoms with Crippen molar-refractivity contribution in [3.63, 3.8) is 0 Å². The smallest absolute Gasteiger partial charge is 0.0107 e. The van der Waals surface area contributed by atoms with Crippen LogP contribution in [0, 0.1) is 5.92 Å². The Morgan fingerprint density at radius 2 is 1.52 bits per heavy atom. The van der Waals surface area contributed by atoms with E-state index in [1.807, 2.05) is 0 Å². The molecule has 0 radical (unpaired) electrons. The van der Waals surface area contributed by atoms with E-state index < -0.39 is 0 Å². The first-order valence-corrected chi connectivity index (χ1v) is 9.77. The lowest BCUT2D eigenvalue weighted by Gasteiger charge is -2.32. The molecule has 1 aliphatic carbocycles. The molecule has 0 aromatic heterocycles. The van der Waals surface area contributed by atoms with Crippen LogP contribution in [-0.4, -0.2) is 37.1 Å². The van der Waals surface area contributed by atoms with Gasteiger partial charge >= 0.3 is 0 Å². The van der Waals surface area contributed by atoms with Gasteiger partial charge in [-0.3, -0.25) is 0 Å². The second-order valence-corrected chi connectivity index (χ2v) is 6.97. The first-order valence-electron chi connectivity index (χ1n) is 9.77. The lowest BCUT2D eigenvalue weighted by Crippen LogP contribution is -2.42. The molecule has 2 atom stereocenters. The van der Waals surface area contributed by atoms with E-state index >= 15 is 0 Å². The Hall–Kier alpha value is -0.0800. The van der Waals surface area contributed by atoms with Crippen LogP contribution < -0.4 is 5.32 Å². The molecule has 0 amide bonds. The zero-order valence-corrected chi connectivity index (χ0v) is 15.0. The van der Waals surface area contributed by atoms with E-state index in [1.54, 1.807) is 0 Å². The van der Waals surface area contributed by atoms with Gasteiger partial charge in [0.15, 0.2) is 0 Å². The van der Waals surface area contributed by atoms with Gasteiger partial charge in [0.2, 0.25) is 0 Å². The van der Waals surface area contributed by atoms with Gasteiger partial charge in [-0.2, -0.15) is 0 Å². The topological polar surface area (TPSA) is 15.3 Å². The normalized spacial score (nSPS) is 23.4. The molecular weight excluding hydrogens is 256 g/mol. The summed E-state index contributed by atoms with van der Waals surface area (Å²) in [6.07, 6.45) is 13.8. The monoisotopic (exact) mass is 296 g/mol. The Morgan fingerprint density at radius 1 is 0.857 bits per heavy atom. The van der Waals surface area contributed by atoms with Gasteiger partial charge in [-0.1, -0.05) is 52.9 Å². The van der Waals surface area contributed by atoms with Crippen molar-refractivity contribution in [3.8, 4) is 0 Å². The molecule has 126 valence electrons. The number of nitrogens with zero attached hydrogens (tertiary/aromatic N) is 1. The molecule has 0 bridgehead atoms. The third-order valence-electron chi connectivity index (χ3n) is 4.96. The lowest BCUT2D eigenvalue weighted by molar-refractivity contribution is 0.189. The summed E-state index contributed by atoms with van der Waals surface area (Å²) in [6, 6.07) is 0.776. The minimum atomic E-state index is 0.776. The van der Waals surface area contributed by atoms with E-state index in [-0.39, 0.29) is 0 Å². The van der Waals surface area contributed by atoms with Crippen LogP contribution in [0.15, 0.2) is 0 Å². The quantitative estimate of drug-likeness (QED) is 0.549. The van der Waals surface area contributed by atoms with Gasteiger partial charge in [-0.25, -0.2) is 0 Å². The molecule has 1 aliphatic rings. The molecule has 0 saturated heterocycles. The third-order valence-corrected chi connectivity index (χ3v) is 4.96. The van der Waals surface area contributed by atoms with E-state index in [0.29, 0.717) is 0 Å². The highest BCUT2D eigenvalue weighted by Gasteiger charge is 2.24. The number of nitrogens with one attached hydrogen (secondary N) is 1. The predicted octanol–water partition coefficient (Wildman–Crippen LogP) is 4.84. The van der Waals surface area contributed by atoms with E-state index in [4.69, 9.17) is 0 Å². The Kier molecular flexibility index (Phi) is 11.3. The SMILES string of the molecule is CCCCN(CCCC)CC1CCCCCC1NCCC. The summed E-state index contributed by atoms with van der Waals surface area (Å²) >= 11 is 0. The minimum Gasteiger partial charge on any atom is -0.314 e. The van der Waals surface area contributed by atoms with Crippen LogP contribution in [0.25, 0.3) is 0 Å². The summed E-state index contributed by atoms with van der Waals surface area (Å²) in [5, 5.41) is 3.85. The van der Waals surface area contributed by atoms with Crippen LogP contribution >= 0.6 is 0 Å². The summed E-state index contributed by atoms with van der Waals surface area (Å²) in [7, 11) is 0. The molecule has 2 nitrogen and oxygen atoms in total. The molecular formula is C19H40N2. The fourth-order valence-electron chi connectivity index (χ4n) is 3.59. The van der Waals surface area contributed by atoms with Crippen molar-refractivity contribution in [2.24, 2.45) is 5.92 Å². The van der Waals surface area contributed by atoms with Crippen molar-refractivity contribution in [3.05, 3.63) is 0 Å². The van der Waals surface area contributed by atoms with Crippen molar-refractivity contribution >= 4 is 0 Å². The van der Waals surface area contributed by atoms with Gasteiger partial charge < -0.3 is 10.2 Å². The number of unbranched alkanes of at least 4 members (excludes halogenated alkanes) is 2. The molecule has 2 heteroatoms. The summed E-state index contributed by atoms with van der Waals surface area (Å²) in [6.45, 7) is 12.1. The van der Waals surface area contributed by atoms with Gasteiger partial charge in [-0.05, 0) is 57.7 Å². The van der Waals surface area contributed by atoms with Crippen molar-refractivity contribution in [2.75, 3.05) is 26.2 Å². The van der Waals surface area contributed by atoms with Gasteiger partial charge in [0, 0.05) is 12.6 Å². The van der Waals surface area contributed by atoms with Gasteiger partial charge in [-0.15, -0.1) is 0 Å². The number of hydrogen-bond acceptors (Lipinski definition) is 2. The van der Waals surface area contributed by atoms with E-state index in [1.165, 1.54) is 90.4 Å². The maximum Gasteiger partial charge on any atom is 0.0107 e. The van der Waals surface area contributed by atoms with Crippen LogP contribution in [0.4, 0.5) is 0 Å². The van der Waals surface area contributed by atoms with Crippen molar-refractivity contribution < 1.29 is 0 Å². The molecule has 0 aliphatic heterocycles. The van der Waals surface area contributed by atoms with Crippen LogP contribution in [0.2, 0.25) is 0 Å². The lowest BCUT2D eigenvalue weighted by atomic mass is 9.93. The predicted molar refractivity (Wildman–Crippen MR) is 94.9 cm³/mol. The highest BCUT2D eigenvalue weighted by molar-refractivity contribution is 4.82. The zero-order valence-electron chi connectivity index (χ0n) is 15.0. The number of rotatable bonds is 11. The molecule has 1 rings (SSSR count). The Bertz CT molecular complexity index is 222. The molecule has 1 saturated carbocycles. The number of hydrogen-bond donors (Lipinski definition) is 1. The summed E-state index contributed by atoms with van der Waals surface area (Å²) < 4.78 is 0. The molecule has 1 fully saturated rings. The Morgan fingerprint density at radius 3 is 2.14 bits per heavy atom. The van der Waals surface area contributed by atoms with Gasteiger partial charge in [0.1, 0.15) is 0 Å². The molecule has 0 aromatic rings. The fourth-order valence-corrected chi connectivity index (χ4v) is 3.59. The summed E-state index contributed by atoms with van der Waals surface area (Å²) in [5.41, 5.74) is 0. The van der Waals surface area contributed by atoms with E-state index in [2.05, 4.69) is 31.0 Å². The standard InChI is InChI=1S/C19H40N2/c1-4-7-15-21(16-8-5-2)17-18-12-10-9-11-13-19(18)20-14-6-3/h18-20H,4-17H2,1-3H3. The van der Waals surface area contributed by atoms with Gasteiger partial charge in [0.05, 0.1) is 0 Å². The Balaban J connectivity index is 2.52. The first kappa shape index (κ1) is 19.0. The second-order valence-electron chi connectivity index (χ2n) is 6.97. The molecule has 0 heterocycles. The van der Waals surface area contributed by atoms with Crippen molar-refractivity contribution in [2.45, 2.75) is 91.0 Å². The first-order chi connectivity index (χ1) is 10.3. The van der Waals surface area contributed by atoms with E-state index in [0.717, 1.165) is 12.0 Å². The fraction of sp³-hybridized carbons (Fsp3) is 1.00. The Labute approximate surface area is 134 Å². The second kappa shape index (κ2) is 12.5. The average molecular weight is 297 g/mol. The van der Waals surface area contributed by atoms with Crippen LogP contribution in [-0.2, 0) is 0 Å². The highest BCUT2D eigenvalue weighted by Crippen LogP contribution is 2.25. The average Bonchev–Trinajstić information content (AvgIpc) is 2.73. The maximum atomic E-state index is 3.85. The molecule has 0 aromatic carbocycles. The molecule has 2 unspecified atom stereocenters. The summed E-state index contributed by atoms with van der Waals surface area (Å²) in [5.74, 6) is 0.882. The maximum absolute atomic E-state index is 3.85. The van der Waals surface area contributed by atoms with Crippen molar-refractivity contribution in [1.82, 2.24) is 10.2 Å². The van der Waals surface area contributed by atoms with Crippen molar-refractivity contribution in [1.29, 1.82) is 0 Å². The highest BCUT2D eigenvalue weighted by atomic mass is 15.1. The zero-order chi connectivity index (χ0) is 15.3. The largest absolute Gasteiger partial charge is 0.314 e. The minimum absolute atomic E-state index is 0.776. The third kappa shape index (κ3) is 8.21. The van der Waals surface area contributed by atoms with Gasteiger partial charge in [0.25, 0.3) is 0 Å². The molecule has 1 N–H and O–H groups in total. The van der Waals surface area contributed by atoms with Crippen LogP contribution in [0.3, 0.4) is 0 Å². The van der Waals surface area contributed by atoms with Crippen LogP contribution in [0.5, 0.6) is 0 Å². The molecule has 0 spiro atoms. The van der Waals surface area contributed by atoms with Crippen LogP contribution in [0.1, 0.15) is 85.0 Å². The van der Waals surface area contributed by atoms with E-state index in [9.17, 15) is 0 Å². The molecule has 21 heavy (non-hydrogen) atoms.